The number of nitrogens with zero attached hydrogens (tertiary/aromatic N) is 3. The summed E-state index contributed by atoms with van der Waals surface area (Å²) < 4.78 is 81.8. The van der Waals surface area contributed by atoms with Crippen LogP contribution in [0.25, 0.3) is 11.4 Å². The first-order chi connectivity index (χ1) is 13.5. The molecule has 0 radical (unpaired) electrons. The molecule has 1 saturated carbocycles. The summed E-state index contributed by atoms with van der Waals surface area (Å²) in [6.45, 7) is -0.270. The number of carbonyl (C=O) groups excluding carboxylic acids is 1. The molecule has 1 aromatic carbocycles. The molecule has 6 nitrogen and oxygen atoms in total. The van der Waals surface area contributed by atoms with Gasteiger partial charge in [-0.05, 0) is 18.4 Å². The van der Waals surface area contributed by atoms with E-state index in [4.69, 9.17) is 4.84 Å². The fourth-order valence-corrected chi connectivity index (χ4v) is 2.99. The van der Waals surface area contributed by atoms with Crippen molar-refractivity contribution in [2.45, 2.75) is 38.2 Å². The van der Waals surface area contributed by atoms with Gasteiger partial charge in [0, 0.05) is 5.56 Å². The molecule has 1 amide bonds. The van der Waals surface area contributed by atoms with Crippen LogP contribution in [0.1, 0.15) is 30.7 Å². The lowest BCUT2D eigenvalue weighted by Crippen LogP contribution is -2.55. The Labute approximate surface area is 160 Å². The molecule has 12 heteroatoms. The van der Waals surface area contributed by atoms with Gasteiger partial charge in [0.25, 0.3) is 5.91 Å². The monoisotopic (exact) mass is 423 g/mol. The second-order valence-electron chi connectivity index (χ2n) is 6.58. The van der Waals surface area contributed by atoms with Crippen LogP contribution < -0.4 is 0 Å². The summed E-state index contributed by atoms with van der Waals surface area (Å²) in [6, 6.07) is 5.56. The quantitative estimate of drug-likeness (QED) is 0.528. The Balaban J connectivity index is 1.74. The fourth-order valence-electron chi connectivity index (χ4n) is 2.99. The minimum Gasteiger partial charge on any atom is -0.329 e. The Hall–Kier alpha value is -2.63. The number of hydroxylamine groups is 2. The van der Waals surface area contributed by atoms with Crippen molar-refractivity contribution in [3.8, 4) is 11.4 Å². The van der Waals surface area contributed by atoms with Gasteiger partial charge >= 0.3 is 18.2 Å². The van der Waals surface area contributed by atoms with Crippen molar-refractivity contribution >= 4 is 5.91 Å². The van der Waals surface area contributed by atoms with Crippen molar-refractivity contribution in [1.82, 2.24) is 15.2 Å². The number of hydrogen-bond donors (Lipinski definition) is 0. The molecule has 1 fully saturated rings. The van der Waals surface area contributed by atoms with Gasteiger partial charge in [0.2, 0.25) is 5.82 Å². The average molecular weight is 423 g/mol. The zero-order valence-electron chi connectivity index (χ0n) is 15.0. The van der Waals surface area contributed by atoms with E-state index in [9.17, 15) is 31.1 Å². The van der Waals surface area contributed by atoms with E-state index in [1.54, 1.807) is 0 Å². The molecule has 1 aliphatic rings. The van der Waals surface area contributed by atoms with Gasteiger partial charge in [-0.1, -0.05) is 35.8 Å². The van der Waals surface area contributed by atoms with Gasteiger partial charge in [0.1, 0.15) is 5.41 Å². The van der Waals surface area contributed by atoms with Gasteiger partial charge in [0.05, 0.1) is 13.7 Å². The Morgan fingerprint density at radius 1 is 1.17 bits per heavy atom. The maximum absolute atomic E-state index is 13.4. The third kappa shape index (κ3) is 3.93. The fraction of sp³-hybridized carbons (Fsp3) is 0.471. The minimum absolute atomic E-state index is 0.203. The van der Waals surface area contributed by atoms with Crippen LogP contribution in [0.4, 0.5) is 26.3 Å². The van der Waals surface area contributed by atoms with E-state index in [0.29, 0.717) is 17.0 Å². The van der Waals surface area contributed by atoms with Crippen LogP contribution in [0.2, 0.25) is 0 Å². The SMILES string of the molecule is CON(Cc1ccc(-c2noc(C(F)(F)F)n2)cc1)C(=O)C1(C(F)(F)F)CCC1. The summed E-state index contributed by atoms with van der Waals surface area (Å²) in [5, 5.41) is 3.88. The van der Waals surface area contributed by atoms with E-state index >= 15 is 0 Å². The van der Waals surface area contributed by atoms with E-state index in [2.05, 4.69) is 14.7 Å². The molecule has 2 aromatic rings. The Morgan fingerprint density at radius 2 is 1.79 bits per heavy atom. The van der Waals surface area contributed by atoms with E-state index in [1.807, 2.05) is 0 Å². The lowest BCUT2D eigenvalue weighted by molar-refractivity contribution is -0.265. The molecule has 0 saturated heterocycles. The highest BCUT2D eigenvalue weighted by molar-refractivity contribution is 5.83. The molecule has 0 unspecified atom stereocenters. The van der Waals surface area contributed by atoms with Crippen LogP contribution in [-0.2, 0) is 22.4 Å². The molecule has 1 aliphatic carbocycles. The highest BCUT2D eigenvalue weighted by Gasteiger charge is 2.64. The molecule has 29 heavy (non-hydrogen) atoms. The second-order valence-corrected chi connectivity index (χ2v) is 6.58. The number of halogens is 6. The molecule has 0 spiro atoms. The van der Waals surface area contributed by atoms with Crippen LogP contribution in [0.3, 0.4) is 0 Å². The van der Waals surface area contributed by atoms with Crippen molar-refractivity contribution in [3.63, 3.8) is 0 Å². The van der Waals surface area contributed by atoms with Crippen molar-refractivity contribution < 1.29 is 40.5 Å². The molecule has 1 aromatic heterocycles. The van der Waals surface area contributed by atoms with Crippen molar-refractivity contribution in [2.75, 3.05) is 7.11 Å². The molecule has 158 valence electrons. The van der Waals surface area contributed by atoms with Crippen LogP contribution in [0.15, 0.2) is 28.8 Å². The average Bonchev–Trinajstić information content (AvgIpc) is 3.08. The molecule has 0 bridgehead atoms. The first-order valence-corrected chi connectivity index (χ1v) is 8.41. The Kier molecular flexibility index (Phi) is 5.32. The van der Waals surface area contributed by atoms with Crippen molar-refractivity contribution in [2.24, 2.45) is 5.41 Å². The molecular weight excluding hydrogens is 408 g/mol. The van der Waals surface area contributed by atoms with Crippen LogP contribution in [0, 0.1) is 5.41 Å². The summed E-state index contributed by atoms with van der Waals surface area (Å²) in [7, 11) is 1.09. The van der Waals surface area contributed by atoms with Crippen LogP contribution >= 0.6 is 0 Å². The van der Waals surface area contributed by atoms with E-state index in [-0.39, 0.29) is 30.8 Å². The molecule has 0 aliphatic heterocycles. The van der Waals surface area contributed by atoms with Crippen LogP contribution in [0.5, 0.6) is 0 Å². The molecule has 0 atom stereocenters. The summed E-state index contributed by atoms with van der Waals surface area (Å²) in [5.74, 6) is -2.96. The lowest BCUT2D eigenvalue weighted by Gasteiger charge is -2.43. The number of carbonyl (C=O) groups is 1. The van der Waals surface area contributed by atoms with E-state index in [0.717, 1.165) is 7.11 Å². The number of benzene rings is 1. The lowest BCUT2D eigenvalue weighted by atomic mass is 9.67. The first-order valence-electron chi connectivity index (χ1n) is 8.41. The number of amides is 1. The van der Waals surface area contributed by atoms with Gasteiger partial charge in [0.15, 0.2) is 0 Å². The summed E-state index contributed by atoms with van der Waals surface area (Å²) >= 11 is 0. The predicted octanol–water partition coefficient (Wildman–Crippen LogP) is 4.38. The van der Waals surface area contributed by atoms with E-state index < -0.39 is 29.6 Å². The Morgan fingerprint density at radius 3 is 2.21 bits per heavy atom. The van der Waals surface area contributed by atoms with Gasteiger partial charge in [-0.15, -0.1) is 0 Å². The number of rotatable bonds is 5. The minimum atomic E-state index is -4.78. The van der Waals surface area contributed by atoms with Crippen molar-refractivity contribution in [3.05, 3.63) is 35.7 Å². The zero-order chi connectivity index (χ0) is 21.4. The van der Waals surface area contributed by atoms with Gasteiger partial charge in [-0.3, -0.25) is 9.63 Å². The molecule has 1 heterocycles. The normalized spacial score (nSPS) is 16.4. The maximum atomic E-state index is 13.4. The summed E-state index contributed by atoms with van der Waals surface area (Å²) in [4.78, 5) is 20.6. The smallest absolute Gasteiger partial charge is 0.329 e. The standard InChI is InChI=1S/C17H15F6N3O3/c1-28-26(14(27)15(7-2-8-15)17(21,22)23)9-10-3-5-11(6-4-10)12-24-13(29-25-12)16(18,19)20/h3-6H,2,7-9H2,1H3. The van der Waals surface area contributed by atoms with Gasteiger partial charge in [-0.25, -0.2) is 5.06 Å². The maximum Gasteiger partial charge on any atom is 0.471 e. The summed E-state index contributed by atoms with van der Waals surface area (Å²) in [6.07, 6.45) is -9.76. The second kappa shape index (κ2) is 7.32. The Bertz CT molecular complexity index is 872. The first kappa shape index (κ1) is 21.1. The summed E-state index contributed by atoms with van der Waals surface area (Å²) in [5.41, 5.74) is -1.84. The van der Waals surface area contributed by atoms with Crippen LogP contribution in [-0.4, -0.2) is 34.4 Å². The topological polar surface area (TPSA) is 68.5 Å². The highest BCUT2D eigenvalue weighted by atomic mass is 19.4. The third-order valence-electron chi connectivity index (χ3n) is 4.81. The van der Waals surface area contributed by atoms with Gasteiger partial charge in [-0.2, -0.15) is 31.3 Å². The highest BCUT2D eigenvalue weighted by Crippen LogP contribution is 2.54. The predicted molar refractivity (Wildman–Crippen MR) is 84.6 cm³/mol. The molecular formula is C17H15F6N3O3. The molecule has 3 rings (SSSR count). The largest absolute Gasteiger partial charge is 0.471 e. The number of alkyl halides is 6. The number of aromatic nitrogens is 2. The van der Waals surface area contributed by atoms with Gasteiger partial charge < -0.3 is 4.52 Å². The van der Waals surface area contributed by atoms with E-state index in [1.165, 1.54) is 24.3 Å². The zero-order valence-corrected chi connectivity index (χ0v) is 15.0. The number of hydrogen-bond acceptors (Lipinski definition) is 5. The third-order valence-corrected chi connectivity index (χ3v) is 4.81. The van der Waals surface area contributed by atoms with Crippen molar-refractivity contribution in [1.29, 1.82) is 0 Å². The molecule has 0 N–H and O–H groups in total.